The van der Waals surface area contributed by atoms with E-state index in [9.17, 15) is 18.3 Å². The largest absolute Gasteiger partial charge is 0.481 e. The molecule has 176 valence electrons. The zero-order valence-corrected chi connectivity index (χ0v) is 20.3. The van der Waals surface area contributed by atoms with Crippen LogP contribution in [0.5, 0.6) is 5.88 Å². The number of nitrogens with zero attached hydrogens (tertiary/aromatic N) is 3. The number of sulfonamides is 1. The second kappa shape index (κ2) is 9.01. The van der Waals surface area contributed by atoms with E-state index >= 15 is 0 Å². The number of methoxy groups -OCH3 is 1. The van der Waals surface area contributed by atoms with Gasteiger partial charge in [-0.25, -0.2) is 23.3 Å². The highest BCUT2D eigenvalue weighted by Crippen LogP contribution is 2.36. The molecule has 0 saturated heterocycles. The molecule has 4 aromatic rings. The molecule has 0 aliphatic heterocycles. The van der Waals surface area contributed by atoms with Gasteiger partial charge in [0.25, 0.3) is 0 Å². The van der Waals surface area contributed by atoms with Crippen molar-refractivity contribution in [2.75, 3.05) is 7.11 Å². The van der Waals surface area contributed by atoms with Crippen molar-refractivity contribution in [3.05, 3.63) is 75.8 Å². The van der Waals surface area contributed by atoms with E-state index in [1.54, 1.807) is 12.1 Å². The van der Waals surface area contributed by atoms with Gasteiger partial charge < -0.3 is 9.84 Å². The molecule has 9 nitrogen and oxygen atoms in total. The van der Waals surface area contributed by atoms with Crippen LogP contribution in [0.15, 0.2) is 52.7 Å². The Labute approximate surface area is 200 Å². The number of aromatic nitrogens is 3. The number of thiazole rings is 1. The normalized spacial score (nSPS) is 11.5. The Morgan fingerprint density at radius 2 is 1.85 bits per heavy atom. The Morgan fingerprint density at radius 3 is 2.41 bits per heavy atom. The lowest BCUT2D eigenvalue weighted by Gasteiger charge is -2.09. The third kappa shape index (κ3) is 4.58. The standard InChI is InChI=1S/C23H22N4O5S2/c1-13-4-7-16(10-14(13)2)20-18(11-15-5-8-17(9-6-15)34(24,30)31)21(32-3)27(26-20)23-25-19(12-33-23)22(28)29/h4-10,12H,11H2,1-3H3,(H,28,29)(H2,24,30,31). The highest BCUT2D eigenvalue weighted by atomic mass is 32.2. The van der Waals surface area contributed by atoms with Gasteiger partial charge in [0.15, 0.2) is 5.69 Å². The van der Waals surface area contributed by atoms with Crippen molar-refractivity contribution in [3.63, 3.8) is 0 Å². The lowest BCUT2D eigenvalue weighted by atomic mass is 9.98. The predicted octanol–water partition coefficient (Wildman–Crippen LogP) is 3.56. The van der Waals surface area contributed by atoms with Crippen LogP contribution in [0.1, 0.15) is 32.7 Å². The van der Waals surface area contributed by atoms with Crippen LogP contribution in [0.25, 0.3) is 16.4 Å². The Morgan fingerprint density at radius 1 is 1.15 bits per heavy atom. The van der Waals surface area contributed by atoms with Crippen molar-refractivity contribution in [1.29, 1.82) is 0 Å². The Balaban J connectivity index is 1.87. The van der Waals surface area contributed by atoms with E-state index in [1.807, 2.05) is 32.0 Å². The van der Waals surface area contributed by atoms with Gasteiger partial charge in [0, 0.05) is 22.9 Å². The first kappa shape index (κ1) is 23.6. The number of carbonyl (C=O) groups is 1. The van der Waals surface area contributed by atoms with Gasteiger partial charge in [0.1, 0.15) is 5.69 Å². The zero-order chi connectivity index (χ0) is 24.6. The molecule has 0 unspecified atom stereocenters. The molecule has 0 amide bonds. The number of ether oxygens (including phenoxy) is 1. The number of primary sulfonamides is 1. The highest BCUT2D eigenvalue weighted by Gasteiger charge is 2.24. The number of hydrogen-bond acceptors (Lipinski definition) is 7. The molecule has 0 atom stereocenters. The summed E-state index contributed by atoms with van der Waals surface area (Å²) in [6.45, 7) is 4.04. The molecule has 2 aromatic carbocycles. The molecule has 0 radical (unpaired) electrons. The number of nitrogens with two attached hydrogens (primary N) is 1. The summed E-state index contributed by atoms with van der Waals surface area (Å²) in [5.74, 6) is -0.715. The van der Waals surface area contributed by atoms with Crippen molar-refractivity contribution < 1.29 is 23.1 Å². The Bertz CT molecular complexity index is 1490. The van der Waals surface area contributed by atoms with Crippen LogP contribution in [0.2, 0.25) is 0 Å². The third-order valence-corrected chi connectivity index (χ3v) is 7.18. The first-order valence-electron chi connectivity index (χ1n) is 10.1. The van der Waals surface area contributed by atoms with Crippen LogP contribution in [0.4, 0.5) is 0 Å². The van der Waals surface area contributed by atoms with E-state index < -0.39 is 16.0 Å². The van der Waals surface area contributed by atoms with Crippen molar-refractivity contribution in [2.45, 2.75) is 25.2 Å². The van der Waals surface area contributed by atoms with Gasteiger partial charge in [0.2, 0.25) is 21.0 Å². The summed E-state index contributed by atoms with van der Waals surface area (Å²) in [7, 11) is -2.29. The summed E-state index contributed by atoms with van der Waals surface area (Å²) in [6.07, 6.45) is 0.382. The van der Waals surface area contributed by atoms with Gasteiger partial charge in [-0.1, -0.05) is 24.3 Å². The maximum absolute atomic E-state index is 11.6. The smallest absolute Gasteiger partial charge is 0.355 e. The second-order valence-corrected chi connectivity index (χ2v) is 10.1. The number of aromatic carboxylic acids is 1. The lowest BCUT2D eigenvalue weighted by molar-refractivity contribution is 0.0691. The van der Waals surface area contributed by atoms with Crippen molar-refractivity contribution >= 4 is 27.3 Å². The van der Waals surface area contributed by atoms with E-state index in [2.05, 4.69) is 4.98 Å². The van der Waals surface area contributed by atoms with Crippen LogP contribution in [-0.2, 0) is 16.4 Å². The first-order chi connectivity index (χ1) is 16.1. The van der Waals surface area contributed by atoms with Crippen LogP contribution < -0.4 is 9.88 Å². The van der Waals surface area contributed by atoms with Gasteiger partial charge in [-0.3, -0.25) is 0 Å². The van der Waals surface area contributed by atoms with Gasteiger partial charge in [0.05, 0.1) is 12.0 Å². The van der Waals surface area contributed by atoms with Crippen LogP contribution in [0, 0.1) is 13.8 Å². The molecule has 0 fully saturated rings. The minimum atomic E-state index is -3.80. The average molecular weight is 499 g/mol. The van der Waals surface area contributed by atoms with Gasteiger partial charge in [-0.2, -0.15) is 9.78 Å². The molecule has 4 rings (SSSR count). The fraction of sp³-hybridized carbons (Fsp3) is 0.174. The van der Waals surface area contributed by atoms with Crippen molar-refractivity contribution in [1.82, 2.24) is 14.8 Å². The van der Waals surface area contributed by atoms with E-state index in [4.69, 9.17) is 15.0 Å². The monoisotopic (exact) mass is 498 g/mol. The van der Waals surface area contributed by atoms with E-state index in [1.165, 1.54) is 29.3 Å². The number of aryl methyl sites for hydroxylation is 2. The molecule has 0 spiro atoms. The molecule has 11 heteroatoms. The van der Waals surface area contributed by atoms with Crippen molar-refractivity contribution in [3.8, 4) is 22.3 Å². The molecule has 34 heavy (non-hydrogen) atoms. The molecule has 0 bridgehead atoms. The van der Waals surface area contributed by atoms with Gasteiger partial charge in [-0.05, 0) is 48.7 Å². The van der Waals surface area contributed by atoms with E-state index in [0.717, 1.165) is 39.2 Å². The number of rotatable bonds is 7. The predicted molar refractivity (Wildman–Crippen MR) is 128 cm³/mol. The molecule has 0 aliphatic rings. The molecule has 3 N–H and O–H groups in total. The lowest BCUT2D eigenvalue weighted by Crippen LogP contribution is -2.11. The van der Waals surface area contributed by atoms with E-state index in [0.29, 0.717) is 23.1 Å². The fourth-order valence-corrected chi connectivity index (χ4v) is 4.78. The second-order valence-electron chi connectivity index (χ2n) is 7.73. The Kier molecular flexibility index (Phi) is 6.26. The summed E-state index contributed by atoms with van der Waals surface area (Å²) in [6, 6.07) is 12.3. The molecule has 2 heterocycles. The summed E-state index contributed by atoms with van der Waals surface area (Å²) in [5.41, 5.74) is 5.25. The number of benzene rings is 2. The Hall–Kier alpha value is -3.54. The maximum Gasteiger partial charge on any atom is 0.355 e. The minimum Gasteiger partial charge on any atom is -0.481 e. The summed E-state index contributed by atoms with van der Waals surface area (Å²) < 4.78 is 30.4. The molecule has 0 saturated carbocycles. The van der Waals surface area contributed by atoms with Gasteiger partial charge in [-0.15, -0.1) is 11.3 Å². The average Bonchev–Trinajstić information content (AvgIpc) is 3.40. The summed E-state index contributed by atoms with van der Waals surface area (Å²) in [4.78, 5) is 15.5. The molecule has 2 aromatic heterocycles. The summed E-state index contributed by atoms with van der Waals surface area (Å²) >= 11 is 1.14. The SMILES string of the molecule is COc1c(Cc2ccc(S(N)(=O)=O)cc2)c(-c2ccc(C)c(C)c2)nn1-c1nc(C(=O)O)cs1. The van der Waals surface area contributed by atoms with Crippen LogP contribution in [-0.4, -0.2) is 41.4 Å². The van der Waals surface area contributed by atoms with Gasteiger partial charge >= 0.3 is 5.97 Å². The quantitative estimate of drug-likeness (QED) is 0.397. The summed E-state index contributed by atoms with van der Waals surface area (Å²) in [5, 5.41) is 21.0. The molecule has 0 aliphatic carbocycles. The maximum atomic E-state index is 11.6. The van der Waals surface area contributed by atoms with Crippen molar-refractivity contribution in [2.24, 2.45) is 5.14 Å². The molecular formula is C23H22N4O5S2. The van der Waals surface area contributed by atoms with Crippen LogP contribution in [0.3, 0.4) is 0 Å². The zero-order valence-electron chi connectivity index (χ0n) is 18.6. The number of carboxylic acid groups (broad SMARTS) is 1. The minimum absolute atomic E-state index is 0.0253. The van der Waals surface area contributed by atoms with Crippen LogP contribution >= 0.6 is 11.3 Å². The fourth-order valence-electron chi connectivity index (χ4n) is 3.52. The number of carboxylic acids is 1. The molecular weight excluding hydrogens is 476 g/mol. The highest BCUT2D eigenvalue weighted by molar-refractivity contribution is 7.89. The first-order valence-corrected chi connectivity index (χ1v) is 12.6. The third-order valence-electron chi connectivity index (χ3n) is 5.44. The number of hydrogen-bond donors (Lipinski definition) is 2. The topological polar surface area (TPSA) is 137 Å². The van der Waals surface area contributed by atoms with E-state index in [-0.39, 0.29) is 10.6 Å².